The number of amides is 2. The van der Waals surface area contributed by atoms with Crippen molar-refractivity contribution < 1.29 is 28.3 Å². The number of carboxylic acid groups (broad SMARTS) is 1. The van der Waals surface area contributed by atoms with E-state index >= 15 is 0 Å². The van der Waals surface area contributed by atoms with Crippen molar-refractivity contribution in [1.29, 1.82) is 0 Å². The fraction of sp³-hybridized carbons (Fsp3) is 0.192. The van der Waals surface area contributed by atoms with Gasteiger partial charge in [0.1, 0.15) is 28.7 Å². The van der Waals surface area contributed by atoms with E-state index in [-0.39, 0.29) is 40.2 Å². The number of carbonyl (C=O) groups excluding carboxylic acids is 2. The largest absolute Gasteiger partial charge is 0.477 e. The first-order valence-corrected chi connectivity index (χ1v) is 19.6. The van der Waals surface area contributed by atoms with Crippen molar-refractivity contribution in [3.8, 4) is 35.5 Å². The fourth-order valence-corrected chi connectivity index (χ4v) is 4.79. The van der Waals surface area contributed by atoms with E-state index in [4.69, 9.17) is 5.11 Å². The Bertz CT molecular complexity index is 2690. The lowest BCUT2D eigenvalue weighted by molar-refractivity contribution is 0.0640. The number of aromatic carboxylic acids is 1. The summed E-state index contributed by atoms with van der Waals surface area (Å²) in [6.45, 7) is 11.9. The first kappa shape index (κ1) is 47.7. The highest BCUT2D eigenvalue weighted by Crippen LogP contribution is 2.15. The van der Waals surface area contributed by atoms with E-state index in [9.17, 15) is 23.2 Å². The molecule has 6 aromatic rings. The number of carboxylic acids is 1. The van der Waals surface area contributed by atoms with E-state index in [0.717, 1.165) is 11.1 Å². The van der Waals surface area contributed by atoms with Gasteiger partial charge in [0.05, 0.1) is 0 Å². The summed E-state index contributed by atoms with van der Waals surface area (Å²) in [4.78, 5) is 50.7. The molecule has 3 aromatic heterocycles. The molecule has 0 spiro atoms. The third kappa shape index (κ3) is 15.6. The molecule has 0 unspecified atom stereocenters. The van der Waals surface area contributed by atoms with E-state index in [1.165, 1.54) is 36.5 Å². The van der Waals surface area contributed by atoms with Crippen LogP contribution in [0.4, 0.5) is 8.78 Å². The second kappa shape index (κ2) is 22.1. The average Bonchev–Trinajstić information content (AvgIpc) is 3.27. The number of pyridine rings is 3. The summed E-state index contributed by atoms with van der Waals surface area (Å²) < 4.78 is 25.7. The maximum absolute atomic E-state index is 13.1. The Balaban J connectivity index is 0.000000209. The highest BCUT2D eigenvalue weighted by molar-refractivity contribution is 5.93. The number of halogens is 2. The Morgan fingerprint density at radius 2 is 0.825 bits per heavy atom. The highest BCUT2D eigenvalue weighted by Gasteiger charge is 2.25. The molecule has 6 rings (SSSR count). The minimum Gasteiger partial charge on any atom is -0.477 e. The van der Waals surface area contributed by atoms with Crippen molar-refractivity contribution in [2.24, 2.45) is 0 Å². The van der Waals surface area contributed by atoms with Gasteiger partial charge in [0.25, 0.3) is 11.8 Å². The van der Waals surface area contributed by atoms with Crippen molar-refractivity contribution in [2.75, 3.05) is 14.1 Å². The number of benzene rings is 3. The van der Waals surface area contributed by atoms with Crippen LogP contribution in [-0.2, 0) is 0 Å². The van der Waals surface area contributed by atoms with Crippen molar-refractivity contribution in [2.45, 2.75) is 52.6 Å². The van der Waals surface area contributed by atoms with E-state index in [1.807, 2.05) is 77.9 Å². The van der Waals surface area contributed by atoms with Gasteiger partial charge in [-0.05, 0) is 133 Å². The smallest absolute Gasteiger partial charge is 0.354 e. The van der Waals surface area contributed by atoms with Gasteiger partial charge in [-0.25, -0.2) is 28.5 Å². The Labute approximate surface area is 367 Å². The van der Waals surface area contributed by atoms with E-state index in [1.54, 1.807) is 84.8 Å². The molecule has 0 fully saturated rings. The molecule has 0 saturated carbocycles. The molecule has 1 N–H and O–H groups in total. The number of hydrogen-bond acceptors (Lipinski definition) is 6. The normalized spacial score (nSPS) is 10.3. The van der Waals surface area contributed by atoms with Gasteiger partial charge in [-0.3, -0.25) is 9.59 Å². The molecule has 11 heteroatoms. The number of aromatic nitrogens is 3. The summed E-state index contributed by atoms with van der Waals surface area (Å²) >= 11 is 0. The summed E-state index contributed by atoms with van der Waals surface area (Å²) in [6, 6.07) is 31.6. The lowest BCUT2D eigenvalue weighted by Crippen LogP contribution is -2.42. The van der Waals surface area contributed by atoms with Crippen LogP contribution in [0.3, 0.4) is 0 Å². The summed E-state index contributed by atoms with van der Waals surface area (Å²) in [6.07, 6.45) is 4.58. The molecule has 0 saturated heterocycles. The number of rotatable bonds is 3. The zero-order chi connectivity index (χ0) is 46.2. The topological polar surface area (TPSA) is 117 Å². The molecule has 0 bridgehead atoms. The summed E-state index contributed by atoms with van der Waals surface area (Å²) in [7, 11) is 3.54. The molecule has 0 aliphatic rings. The molecular weight excluding hydrogens is 797 g/mol. The van der Waals surface area contributed by atoms with E-state index < -0.39 is 5.97 Å². The van der Waals surface area contributed by atoms with Crippen molar-refractivity contribution in [1.82, 2.24) is 24.8 Å². The summed E-state index contributed by atoms with van der Waals surface area (Å²) in [5.74, 6) is 15.6. The molecule has 3 aromatic carbocycles. The SMILES string of the molecule is CN(C(=O)c1ccc(C#Cc2cccc(F)c2)cn1)C(C)(C)C.CN(C(=O)c1ccc(C#Cc2ccccc2)cn1)C(C)(C)C.O=C(O)c1ccc(C#Cc2ccc(F)cc2)cn1. The summed E-state index contributed by atoms with van der Waals surface area (Å²) in [5.41, 5.74) is 4.57. The maximum atomic E-state index is 13.1. The van der Waals surface area contributed by atoms with Gasteiger partial charge in [-0.1, -0.05) is 59.8 Å². The lowest BCUT2D eigenvalue weighted by Gasteiger charge is -2.31. The van der Waals surface area contributed by atoms with Crippen LogP contribution >= 0.6 is 0 Å². The maximum Gasteiger partial charge on any atom is 0.354 e. The molecule has 63 heavy (non-hydrogen) atoms. The molecular formula is C52H47F2N5O4. The Morgan fingerprint density at radius 1 is 0.460 bits per heavy atom. The van der Waals surface area contributed by atoms with Crippen LogP contribution in [0.5, 0.6) is 0 Å². The first-order valence-electron chi connectivity index (χ1n) is 19.6. The summed E-state index contributed by atoms with van der Waals surface area (Å²) in [5, 5.41) is 8.68. The molecule has 0 aliphatic heterocycles. The van der Waals surface area contributed by atoms with Gasteiger partial charge in [0, 0.05) is 77.1 Å². The first-order chi connectivity index (χ1) is 29.8. The van der Waals surface area contributed by atoms with Crippen LogP contribution in [0.15, 0.2) is 134 Å². The van der Waals surface area contributed by atoms with Gasteiger partial charge in [-0.2, -0.15) is 0 Å². The van der Waals surface area contributed by atoms with Crippen molar-refractivity contribution in [3.63, 3.8) is 0 Å². The van der Waals surface area contributed by atoms with Crippen molar-refractivity contribution >= 4 is 17.8 Å². The molecule has 0 aliphatic carbocycles. The zero-order valence-corrected chi connectivity index (χ0v) is 36.4. The van der Waals surface area contributed by atoms with E-state index in [0.29, 0.717) is 33.6 Å². The predicted octanol–water partition coefficient (Wildman–Crippen LogP) is 9.16. The lowest BCUT2D eigenvalue weighted by atomic mass is 10.1. The van der Waals surface area contributed by atoms with Crippen LogP contribution in [0.1, 0.15) is 106 Å². The second-order valence-corrected chi connectivity index (χ2v) is 15.8. The number of carbonyl (C=O) groups is 3. The molecule has 318 valence electrons. The minimum atomic E-state index is -1.08. The zero-order valence-electron chi connectivity index (χ0n) is 36.4. The molecule has 0 radical (unpaired) electrons. The number of hydrogen-bond donors (Lipinski definition) is 1. The average molecular weight is 844 g/mol. The molecule has 0 atom stereocenters. The third-order valence-corrected chi connectivity index (χ3v) is 9.07. The van der Waals surface area contributed by atoms with Gasteiger partial charge < -0.3 is 14.9 Å². The van der Waals surface area contributed by atoms with E-state index in [2.05, 4.69) is 50.5 Å². The van der Waals surface area contributed by atoms with Crippen molar-refractivity contribution in [3.05, 3.63) is 196 Å². The van der Waals surface area contributed by atoms with Gasteiger partial charge in [-0.15, -0.1) is 0 Å². The van der Waals surface area contributed by atoms with Crippen LogP contribution in [0.2, 0.25) is 0 Å². The molecule has 3 heterocycles. The Morgan fingerprint density at radius 3 is 1.21 bits per heavy atom. The van der Waals surface area contributed by atoms with Crippen LogP contribution in [0, 0.1) is 47.2 Å². The molecule has 9 nitrogen and oxygen atoms in total. The Hall–Kier alpha value is -7.94. The van der Waals surface area contributed by atoms with Gasteiger partial charge in [0.15, 0.2) is 0 Å². The third-order valence-electron chi connectivity index (χ3n) is 9.07. The fourth-order valence-electron chi connectivity index (χ4n) is 4.79. The van der Waals surface area contributed by atoms with Gasteiger partial charge in [0.2, 0.25) is 0 Å². The second-order valence-electron chi connectivity index (χ2n) is 15.8. The highest BCUT2D eigenvalue weighted by atomic mass is 19.1. The Kier molecular flexibility index (Phi) is 16.7. The predicted molar refractivity (Wildman–Crippen MR) is 241 cm³/mol. The van der Waals surface area contributed by atoms with Crippen LogP contribution in [-0.4, -0.2) is 72.8 Å². The molecule has 2 amide bonds. The van der Waals surface area contributed by atoms with Gasteiger partial charge >= 0.3 is 5.97 Å². The monoisotopic (exact) mass is 843 g/mol. The number of nitrogens with zero attached hydrogens (tertiary/aromatic N) is 5. The minimum absolute atomic E-state index is 0.0256. The van der Waals surface area contributed by atoms with Crippen LogP contribution in [0.25, 0.3) is 0 Å². The quantitative estimate of drug-likeness (QED) is 0.177. The van der Waals surface area contributed by atoms with Crippen LogP contribution < -0.4 is 0 Å². The standard InChI is InChI=1S/C19H19FN2O.C19H20N2O.C14H8FNO2/c1-19(2,3)22(4)18(23)17-11-10-15(13-21-17)9-8-14-6-5-7-16(20)12-14;1-19(2,3)21(4)18(22)17-13-12-16(14-20-17)11-10-15-8-6-5-7-9-15;15-12-6-3-10(4-7-12)1-2-11-5-8-13(14(17)18)16-9-11/h5-7,10-13H,1-4H3;5-9,12-14H,1-4H3;3-9H,(H,17,18).